The Morgan fingerprint density at radius 1 is 1.14 bits per heavy atom. The summed E-state index contributed by atoms with van der Waals surface area (Å²) in [5.74, 6) is -0.147. The maximum absolute atomic E-state index is 12.7. The number of non-ortho nitro benzene ring substituents is 1. The van der Waals surface area contributed by atoms with Crippen LogP contribution in [0.25, 0.3) is 5.57 Å². The SMILES string of the molecule is Cc1cc(/C(=C/Nc2ccc([N+](=O)[O-])cc2)C(=O)Nc2ccc(Cl)cc2)on1. The third-order valence-corrected chi connectivity index (χ3v) is 3.95. The molecule has 0 aliphatic rings. The Labute approximate surface area is 164 Å². The maximum atomic E-state index is 12.7. The van der Waals surface area contributed by atoms with E-state index in [2.05, 4.69) is 15.8 Å². The molecule has 0 saturated heterocycles. The van der Waals surface area contributed by atoms with E-state index in [-0.39, 0.29) is 17.0 Å². The molecule has 0 aliphatic carbocycles. The second-order valence-electron chi connectivity index (χ2n) is 5.80. The topological polar surface area (TPSA) is 110 Å². The van der Waals surface area contributed by atoms with Crippen molar-refractivity contribution in [2.45, 2.75) is 6.92 Å². The molecule has 2 N–H and O–H groups in total. The lowest BCUT2D eigenvalue weighted by Gasteiger charge is -2.08. The predicted octanol–water partition coefficient (Wildman–Crippen LogP) is 4.64. The van der Waals surface area contributed by atoms with E-state index in [4.69, 9.17) is 16.1 Å². The molecule has 142 valence electrons. The summed E-state index contributed by atoms with van der Waals surface area (Å²) in [6.07, 6.45) is 1.45. The number of carbonyl (C=O) groups excluding carboxylic acids is 1. The van der Waals surface area contributed by atoms with Crippen molar-refractivity contribution >= 4 is 40.1 Å². The molecule has 1 heterocycles. The molecule has 3 rings (SSSR count). The van der Waals surface area contributed by atoms with Gasteiger partial charge in [0, 0.05) is 40.8 Å². The standard InChI is InChI=1S/C19H15ClN4O4/c1-12-10-18(28-23-12)17(19(25)22-15-4-2-13(20)3-5-15)11-21-14-6-8-16(9-7-14)24(26)27/h2-11,21H,1H3,(H,22,25)/b17-11-. The second-order valence-corrected chi connectivity index (χ2v) is 6.24. The first-order valence-electron chi connectivity index (χ1n) is 8.14. The molecule has 3 aromatic rings. The van der Waals surface area contributed by atoms with Crippen LogP contribution in [0.4, 0.5) is 17.1 Å². The maximum Gasteiger partial charge on any atom is 0.269 e. The highest BCUT2D eigenvalue weighted by atomic mass is 35.5. The summed E-state index contributed by atoms with van der Waals surface area (Å²) in [7, 11) is 0. The highest BCUT2D eigenvalue weighted by Crippen LogP contribution is 2.21. The summed E-state index contributed by atoms with van der Waals surface area (Å²) in [5, 5.41) is 20.8. The lowest BCUT2D eigenvalue weighted by Crippen LogP contribution is -2.14. The van der Waals surface area contributed by atoms with Gasteiger partial charge in [0.05, 0.1) is 10.6 Å². The molecular formula is C19H15ClN4O4. The van der Waals surface area contributed by atoms with Gasteiger partial charge in [0.25, 0.3) is 11.6 Å². The molecule has 2 aromatic carbocycles. The zero-order chi connectivity index (χ0) is 20.1. The minimum absolute atomic E-state index is 0.0268. The normalized spacial score (nSPS) is 11.1. The summed E-state index contributed by atoms with van der Waals surface area (Å²) in [5.41, 5.74) is 1.93. The number of aryl methyl sites for hydroxylation is 1. The fourth-order valence-corrected chi connectivity index (χ4v) is 2.43. The van der Waals surface area contributed by atoms with Crippen molar-refractivity contribution in [3.63, 3.8) is 0 Å². The molecule has 1 aromatic heterocycles. The third kappa shape index (κ3) is 4.74. The Balaban J connectivity index is 1.83. The molecule has 0 fully saturated rings. The Kier molecular flexibility index (Phi) is 5.71. The lowest BCUT2D eigenvalue weighted by atomic mass is 10.2. The summed E-state index contributed by atoms with van der Waals surface area (Å²) in [6, 6.07) is 14.1. The van der Waals surface area contributed by atoms with Gasteiger partial charge in [0.2, 0.25) is 0 Å². The lowest BCUT2D eigenvalue weighted by molar-refractivity contribution is -0.384. The molecule has 0 saturated carbocycles. The summed E-state index contributed by atoms with van der Waals surface area (Å²) >= 11 is 5.86. The van der Waals surface area contributed by atoms with Gasteiger partial charge in [0.1, 0.15) is 5.57 Å². The summed E-state index contributed by atoms with van der Waals surface area (Å²) in [6.45, 7) is 1.74. The Hall–Kier alpha value is -3.65. The van der Waals surface area contributed by atoms with E-state index in [9.17, 15) is 14.9 Å². The monoisotopic (exact) mass is 398 g/mol. The molecule has 0 radical (unpaired) electrons. The number of amides is 1. The van der Waals surface area contributed by atoms with E-state index < -0.39 is 10.8 Å². The van der Waals surface area contributed by atoms with Crippen LogP contribution in [0.1, 0.15) is 11.5 Å². The minimum Gasteiger partial charge on any atom is -0.361 e. The van der Waals surface area contributed by atoms with Crippen molar-refractivity contribution in [1.29, 1.82) is 0 Å². The van der Waals surface area contributed by atoms with Crippen LogP contribution < -0.4 is 10.6 Å². The first-order valence-corrected chi connectivity index (χ1v) is 8.52. The van der Waals surface area contributed by atoms with Crippen LogP contribution >= 0.6 is 11.6 Å². The highest BCUT2D eigenvalue weighted by molar-refractivity contribution is 6.30. The van der Waals surface area contributed by atoms with Crippen molar-refractivity contribution in [3.05, 3.63) is 87.4 Å². The number of nitrogens with zero attached hydrogens (tertiary/aromatic N) is 2. The number of hydrogen-bond donors (Lipinski definition) is 2. The zero-order valence-electron chi connectivity index (χ0n) is 14.7. The van der Waals surface area contributed by atoms with Crippen LogP contribution in [0.3, 0.4) is 0 Å². The van der Waals surface area contributed by atoms with E-state index in [1.54, 1.807) is 37.3 Å². The van der Waals surface area contributed by atoms with Crippen molar-refractivity contribution in [1.82, 2.24) is 5.16 Å². The number of nitrogens with one attached hydrogen (secondary N) is 2. The molecule has 0 bridgehead atoms. The molecular weight excluding hydrogens is 384 g/mol. The first-order chi connectivity index (χ1) is 13.4. The van der Waals surface area contributed by atoms with Crippen LogP contribution in [-0.2, 0) is 4.79 Å². The van der Waals surface area contributed by atoms with Gasteiger partial charge in [-0.05, 0) is 43.3 Å². The smallest absolute Gasteiger partial charge is 0.269 e. The quantitative estimate of drug-likeness (QED) is 0.355. The van der Waals surface area contributed by atoms with E-state index in [0.717, 1.165) is 0 Å². The Morgan fingerprint density at radius 3 is 2.36 bits per heavy atom. The van der Waals surface area contributed by atoms with E-state index in [1.807, 2.05) is 0 Å². The van der Waals surface area contributed by atoms with Crippen LogP contribution in [0.15, 0.2) is 65.3 Å². The number of rotatable bonds is 6. The van der Waals surface area contributed by atoms with Gasteiger partial charge in [-0.2, -0.15) is 0 Å². The highest BCUT2D eigenvalue weighted by Gasteiger charge is 2.17. The molecule has 0 atom stereocenters. The zero-order valence-corrected chi connectivity index (χ0v) is 15.4. The van der Waals surface area contributed by atoms with Gasteiger partial charge in [-0.1, -0.05) is 16.8 Å². The fraction of sp³-hybridized carbons (Fsp3) is 0.0526. The van der Waals surface area contributed by atoms with E-state index in [1.165, 1.54) is 30.5 Å². The van der Waals surface area contributed by atoms with E-state index >= 15 is 0 Å². The van der Waals surface area contributed by atoms with Crippen molar-refractivity contribution in [3.8, 4) is 0 Å². The van der Waals surface area contributed by atoms with Crippen LogP contribution in [0, 0.1) is 17.0 Å². The number of nitro groups is 1. The first kappa shape index (κ1) is 19.1. The molecule has 0 spiro atoms. The Morgan fingerprint density at radius 2 is 1.79 bits per heavy atom. The van der Waals surface area contributed by atoms with E-state index in [0.29, 0.717) is 22.1 Å². The number of hydrogen-bond acceptors (Lipinski definition) is 6. The average Bonchev–Trinajstić information content (AvgIpc) is 3.10. The molecule has 0 aliphatic heterocycles. The predicted molar refractivity (Wildman–Crippen MR) is 106 cm³/mol. The van der Waals surface area contributed by atoms with Gasteiger partial charge in [-0.25, -0.2) is 0 Å². The second kappa shape index (κ2) is 8.36. The minimum atomic E-state index is -0.484. The molecule has 1 amide bonds. The van der Waals surface area contributed by atoms with Gasteiger partial charge in [-0.3, -0.25) is 14.9 Å². The van der Waals surface area contributed by atoms with Gasteiger partial charge < -0.3 is 15.2 Å². The molecule has 0 unspecified atom stereocenters. The Bertz CT molecular complexity index is 1030. The van der Waals surface area contributed by atoms with Crippen molar-refractivity contribution in [2.24, 2.45) is 0 Å². The number of anilines is 2. The number of halogens is 1. The van der Waals surface area contributed by atoms with Crippen molar-refractivity contribution in [2.75, 3.05) is 10.6 Å². The van der Waals surface area contributed by atoms with Crippen molar-refractivity contribution < 1.29 is 14.2 Å². The third-order valence-electron chi connectivity index (χ3n) is 3.70. The fourth-order valence-electron chi connectivity index (χ4n) is 2.31. The number of benzene rings is 2. The van der Waals surface area contributed by atoms with Crippen LogP contribution in [-0.4, -0.2) is 16.0 Å². The van der Waals surface area contributed by atoms with Crippen LogP contribution in [0.2, 0.25) is 5.02 Å². The van der Waals surface area contributed by atoms with Gasteiger partial charge in [-0.15, -0.1) is 0 Å². The summed E-state index contributed by atoms with van der Waals surface area (Å²) in [4.78, 5) is 23.0. The average molecular weight is 399 g/mol. The van der Waals surface area contributed by atoms with Gasteiger partial charge >= 0.3 is 0 Å². The largest absolute Gasteiger partial charge is 0.361 e. The van der Waals surface area contributed by atoms with Gasteiger partial charge in [0.15, 0.2) is 5.76 Å². The molecule has 8 nitrogen and oxygen atoms in total. The molecule has 28 heavy (non-hydrogen) atoms. The number of nitro benzene ring substituents is 1. The number of aromatic nitrogens is 1. The molecule has 9 heteroatoms. The number of carbonyl (C=O) groups is 1. The summed E-state index contributed by atoms with van der Waals surface area (Å²) < 4.78 is 5.21. The van der Waals surface area contributed by atoms with Crippen LogP contribution in [0.5, 0.6) is 0 Å².